The van der Waals surface area contributed by atoms with E-state index in [0.29, 0.717) is 0 Å². The Balaban J connectivity index is 0.000000859. The van der Waals surface area contributed by atoms with Gasteiger partial charge in [0.1, 0.15) is 0 Å². The topological polar surface area (TPSA) is 6.48 Å². The molecule has 0 spiro atoms. The standard InChI is InChI=1S/C43H38N2.6C2H6/c1-4-44(3)33-23-25-37-38-26-24-34(45(5-2)42-22-14-21-36-35-20-13-12-15-30(35)27-39(36)42)29-41(38)43(40(37)28-33,31-16-8-6-9-17-31)32-18-10-7-11-19-32;6*1-2/h6-26,28-29H,4-5,27H2,1-3H3;6*1-2H3. The number of benzene rings is 6. The highest BCUT2D eigenvalue weighted by molar-refractivity contribution is 5.90. The Hall–Kier alpha value is -5.08. The maximum atomic E-state index is 2.52. The quantitative estimate of drug-likeness (QED) is 0.160. The first kappa shape index (κ1) is 48.1. The first-order chi connectivity index (χ1) is 28.1. The fraction of sp³-hybridized carbons (Fsp3) is 0.345. The van der Waals surface area contributed by atoms with E-state index in [9.17, 15) is 0 Å². The van der Waals surface area contributed by atoms with E-state index in [1.807, 2.05) is 83.1 Å². The average Bonchev–Trinajstić information content (AvgIpc) is 3.85. The van der Waals surface area contributed by atoms with Crippen LogP contribution in [-0.4, -0.2) is 20.1 Å². The highest BCUT2D eigenvalue weighted by atomic mass is 15.1. The van der Waals surface area contributed by atoms with Gasteiger partial charge in [-0.05, 0) is 99.8 Å². The van der Waals surface area contributed by atoms with Gasteiger partial charge in [0.05, 0.1) is 5.41 Å². The summed E-state index contributed by atoms with van der Waals surface area (Å²) in [5.74, 6) is 0. The second kappa shape index (κ2) is 24.5. The van der Waals surface area contributed by atoms with Crippen molar-refractivity contribution in [1.82, 2.24) is 0 Å². The average molecular weight is 763 g/mol. The molecular weight excluding hydrogens is 689 g/mol. The minimum absolute atomic E-state index is 0.442. The van der Waals surface area contributed by atoms with Crippen LogP contribution in [0.3, 0.4) is 0 Å². The van der Waals surface area contributed by atoms with Gasteiger partial charge in [-0.3, -0.25) is 0 Å². The Morgan fingerprint density at radius 3 is 1.40 bits per heavy atom. The third-order valence-electron chi connectivity index (χ3n) is 10.2. The van der Waals surface area contributed by atoms with Gasteiger partial charge in [0.2, 0.25) is 0 Å². The summed E-state index contributed by atoms with van der Waals surface area (Å²) in [6.45, 7) is 30.3. The smallest absolute Gasteiger partial charge is 0.0715 e. The van der Waals surface area contributed by atoms with E-state index in [4.69, 9.17) is 0 Å². The molecule has 6 aromatic rings. The molecule has 0 radical (unpaired) electrons. The summed E-state index contributed by atoms with van der Waals surface area (Å²) in [7, 11) is 2.18. The third kappa shape index (κ3) is 9.39. The van der Waals surface area contributed by atoms with Crippen LogP contribution in [0.5, 0.6) is 0 Å². The van der Waals surface area contributed by atoms with Gasteiger partial charge in [0, 0.05) is 43.6 Å². The maximum absolute atomic E-state index is 2.52. The number of fused-ring (bicyclic) bond motifs is 6. The SMILES string of the molecule is CC.CC.CC.CC.CC.CC.CCN(C)c1ccc2c(c1)C(c1ccccc1)(c1ccccc1)c1cc(N(CC)c3cccc4c3Cc3ccccc3-4)ccc1-2. The molecule has 0 bridgehead atoms. The Labute approximate surface area is 349 Å². The van der Waals surface area contributed by atoms with Crippen LogP contribution >= 0.6 is 0 Å². The van der Waals surface area contributed by atoms with Crippen LogP contribution in [0.15, 0.2) is 140 Å². The Kier molecular flexibility index (Phi) is 20.7. The Morgan fingerprint density at radius 2 is 0.895 bits per heavy atom. The van der Waals surface area contributed by atoms with E-state index in [1.165, 1.54) is 72.7 Å². The molecule has 0 aliphatic heterocycles. The fourth-order valence-corrected chi connectivity index (χ4v) is 7.94. The molecule has 0 aromatic heterocycles. The highest BCUT2D eigenvalue weighted by Crippen LogP contribution is 2.57. The van der Waals surface area contributed by atoms with Crippen LogP contribution in [-0.2, 0) is 11.8 Å². The van der Waals surface area contributed by atoms with E-state index in [2.05, 4.69) is 170 Å². The second-order valence-electron chi connectivity index (χ2n) is 12.3. The molecule has 2 aliphatic carbocycles. The summed E-state index contributed by atoms with van der Waals surface area (Å²) < 4.78 is 0. The lowest BCUT2D eigenvalue weighted by atomic mass is 9.67. The first-order valence-electron chi connectivity index (χ1n) is 22.2. The zero-order chi connectivity index (χ0) is 42.5. The molecule has 0 unspecified atom stereocenters. The summed E-state index contributed by atoms with van der Waals surface area (Å²) in [4.78, 5) is 4.85. The summed E-state index contributed by atoms with van der Waals surface area (Å²) in [6.07, 6.45) is 0.972. The molecule has 2 heteroatoms. The van der Waals surface area contributed by atoms with Crippen molar-refractivity contribution in [2.24, 2.45) is 0 Å². The molecule has 0 fully saturated rings. The van der Waals surface area contributed by atoms with Crippen LogP contribution in [0.25, 0.3) is 22.3 Å². The predicted octanol–water partition coefficient (Wildman–Crippen LogP) is 16.4. The van der Waals surface area contributed by atoms with Crippen molar-refractivity contribution < 1.29 is 0 Å². The van der Waals surface area contributed by atoms with Gasteiger partial charge in [0.25, 0.3) is 0 Å². The molecule has 0 saturated carbocycles. The molecule has 6 aromatic carbocycles. The van der Waals surface area contributed by atoms with E-state index in [1.54, 1.807) is 0 Å². The lowest BCUT2D eigenvalue weighted by molar-refractivity contribution is 0.767. The zero-order valence-electron chi connectivity index (χ0n) is 38.3. The maximum Gasteiger partial charge on any atom is 0.0715 e. The summed E-state index contributed by atoms with van der Waals surface area (Å²) in [6, 6.07) is 52.2. The summed E-state index contributed by atoms with van der Waals surface area (Å²) >= 11 is 0. The number of nitrogens with zero attached hydrogens (tertiary/aromatic N) is 2. The molecule has 0 N–H and O–H groups in total. The Bertz CT molecular complexity index is 1990. The first-order valence-corrected chi connectivity index (χ1v) is 22.2. The highest BCUT2D eigenvalue weighted by Gasteiger charge is 2.46. The monoisotopic (exact) mass is 763 g/mol. The number of rotatable bonds is 7. The van der Waals surface area contributed by atoms with Gasteiger partial charge >= 0.3 is 0 Å². The van der Waals surface area contributed by atoms with Gasteiger partial charge in [-0.2, -0.15) is 0 Å². The molecule has 0 atom stereocenters. The van der Waals surface area contributed by atoms with Crippen molar-refractivity contribution in [3.05, 3.63) is 173 Å². The normalized spacial score (nSPS) is 11.3. The molecule has 2 aliphatic rings. The molecule has 304 valence electrons. The predicted molar refractivity (Wildman–Crippen MR) is 258 cm³/mol. The third-order valence-corrected chi connectivity index (χ3v) is 10.2. The van der Waals surface area contributed by atoms with E-state index in [0.717, 1.165) is 19.5 Å². The molecule has 8 rings (SSSR count). The Morgan fingerprint density at radius 1 is 0.439 bits per heavy atom. The van der Waals surface area contributed by atoms with Crippen LogP contribution in [0.2, 0.25) is 0 Å². The lowest BCUT2D eigenvalue weighted by Crippen LogP contribution is -2.29. The largest absolute Gasteiger partial charge is 0.375 e. The fourth-order valence-electron chi connectivity index (χ4n) is 7.94. The van der Waals surface area contributed by atoms with Crippen molar-refractivity contribution >= 4 is 17.1 Å². The number of anilines is 3. The number of hydrogen-bond donors (Lipinski definition) is 0. The van der Waals surface area contributed by atoms with Crippen molar-refractivity contribution in [2.45, 2.75) is 109 Å². The van der Waals surface area contributed by atoms with Gasteiger partial charge < -0.3 is 9.80 Å². The van der Waals surface area contributed by atoms with Crippen LogP contribution < -0.4 is 9.80 Å². The van der Waals surface area contributed by atoms with Crippen molar-refractivity contribution in [2.75, 3.05) is 29.9 Å². The zero-order valence-corrected chi connectivity index (χ0v) is 38.3. The van der Waals surface area contributed by atoms with Gasteiger partial charge in [-0.1, -0.05) is 192 Å². The van der Waals surface area contributed by atoms with Crippen molar-refractivity contribution in [1.29, 1.82) is 0 Å². The lowest BCUT2D eigenvalue weighted by Gasteiger charge is -2.35. The van der Waals surface area contributed by atoms with Crippen molar-refractivity contribution in [3.63, 3.8) is 0 Å². The minimum Gasteiger partial charge on any atom is -0.375 e. The van der Waals surface area contributed by atoms with E-state index >= 15 is 0 Å². The molecule has 0 saturated heterocycles. The summed E-state index contributed by atoms with van der Waals surface area (Å²) in [5.41, 5.74) is 16.8. The van der Waals surface area contributed by atoms with Crippen LogP contribution in [0, 0.1) is 0 Å². The van der Waals surface area contributed by atoms with Crippen LogP contribution in [0.4, 0.5) is 17.1 Å². The minimum atomic E-state index is -0.442. The number of hydrogen-bond acceptors (Lipinski definition) is 2. The van der Waals surface area contributed by atoms with Gasteiger partial charge in [-0.25, -0.2) is 0 Å². The van der Waals surface area contributed by atoms with Gasteiger partial charge in [0.15, 0.2) is 0 Å². The summed E-state index contributed by atoms with van der Waals surface area (Å²) in [5, 5.41) is 0. The van der Waals surface area contributed by atoms with Gasteiger partial charge in [-0.15, -0.1) is 0 Å². The molecule has 57 heavy (non-hydrogen) atoms. The molecular formula is C55H74N2. The van der Waals surface area contributed by atoms with E-state index in [-0.39, 0.29) is 0 Å². The van der Waals surface area contributed by atoms with Crippen LogP contribution in [0.1, 0.15) is 130 Å². The second-order valence-corrected chi connectivity index (χ2v) is 12.3. The molecule has 0 amide bonds. The van der Waals surface area contributed by atoms with Crippen molar-refractivity contribution in [3.8, 4) is 22.3 Å². The molecule has 0 heterocycles. The van der Waals surface area contributed by atoms with E-state index < -0.39 is 5.41 Å². The molecule has 2 nitrogen and oxygen atoms in total.